The highest BCUT2D eigenvalue weighted by Gasteiger charge is 2.30. The predicted molar refractivity (Wildman–Crippen MR) is 72.9 cm³/mol. The number of phosphoric ester groups is 1. The van der Waals surface area contributed by atoms with Gasteiger partial charge < -0.3 is 4.52 Å². The second-order valence-electron chi connectivity index (χ2n) is 4.16. The molecule has 5 nitrogen and oxygen atoms in total. The number of phosphoric acid groups is 1. The highest BCUT2D eigenvalue weighted by molar-refractivity contribution is 7.46. The first-order valence-corrected chi connectivity index (χ1v) is 7.39. The maximum absolute atomic E-state index is 12.0. The minimum absolute atomic E-state index is 0.608. The van der Waals surface area contributed by atoms with E-state index in [0.717, 1.165) is 0 Å². The van der Waals surface area contributed by atoms with Crippen molar-refractivity contribution in [2.45, 2.75) is 5.92 Å². The van der Waals surface area contributed by atoms with Crippen LogP contribution < -0.4 is 0 Å². The molecule has 0 unspecified atom stereocenters. The molecule has 104 valence electrons. The van der Waals surface area contributed by atoms with Gasteiger partial charge in [-0.15, -0.1) is 0 Å². The first-order valence-electron chi connectivity index (χ1n) is 5.86. The van der Waals surface area contributed by atoms with Crippen LogP contribution in [0, 0.1) is 0 Å². The van der Waals surface area contributed by atoms with Crippen molar-refractivity contribution in [1.29, 1.82) is 0 Å². The Morgan fingerprint density at radius 3 is 1.65 bits per heavy atom. The molecule has 0 spiro atoms. The van der Waals surface area contributed by atoms with E-state index >= 15 is 0 Å². The molecule has 0 aromatic heterocycles. The van der Waals surface area contributed by atoms with Crippen LogP contribution in [0.2, 0.25) is 0 Å². The molecule has 6 heteroatoms. The molecule has 0 amide bonds. The molecule has 2 aromatic rings. The minimum Gasteiger partial charge on any atom is -0.370 e. The molecule has 0 bridgehead atoms. The SMILES string of the molecule is O=C(OP(=O)(O)O)C(c1ccccc1)c1ccccc1. The van der Waals surface area contributed by atoms with Gasteiger partial charge in [-0.3, -0.25) is 14.6 Å². The van der Waals surface area contributed by atoms with E-state index < -0.39 is 19.7 Å². The molecular weight excluding hydrogens is 279 g/mol. The lowest BCUT2D eigenvalue weighted by molar-refractivity contribution is -0.136. The Morgan fingerprint density at radius 1 is 0.900 bits per heavy atom. The summed E-state index contributed by atoms with van der Waals surface area (Å²) in [5.41, 5.74) is 1.22. The van der Waals surface area contributed by atoms with Gasteiger partial charge in [0, 0.05) is 0 Å². The van der Waals surface area contributed by atoms with E-state index in [2.05, 4.69) is 4.52 Å². The molecular formula is C14H13O5P. The number of hydrogen-bond donors (Lipinski definition) is 2. The van der Waals surface area contributed by atoms with Crippen LogP contribution in [0.3, 0.4) is 0 Å². The van der Waals surface area contributed by atoms with Crippen LogP contribution in [0.5, 0.6) is 0 Å². The molecule has 0 saturated heterocycles. The van der Waals surface area contributed by atoms with Crippen LogP contribution >= 0.6 is 7.82 Å². The second kappa shape index (κ2) is 6.01. The van der Waals surface area contributed by atoms with Crippen LogP contribution in [0.1, 0.15) is 17.0 Å². The van der Waals surface area contributed by atoms with E-state index in [1.54, 1.807) is 60.7 Å². The summed E-state index contributed by atoms with van der Waals surface area (Å²) in [6, 6.07) is 17.4. The molecule has 0 fully saturated rings. The highest BCUT2D eigenvalue weighted by atomic mass is 31.2. The summed E-state index contributed by atoms with van der Waals surface area (Å²) in [6.07, 6.45) is 0. The van der Waals surface area contributed by atoms with Crippen molar-refractivity contribution < 1.29 is 23.7 Å². The molecule has 2 N–H and O–H groups in total. The van der Waals surface area contributed by atoms with Crippen molar-refractivity contribution in [2.75, 3.05) is 0 Å². The number of benzene rings is 2. The summed E-state index contributed by atoms with van der Waals surface area (Å²) >= 11 is 0. The molecule has 0 aliphatic heterocycles. The van der Waals surface area contributed by atoms with Gasteiger partial charge in [0.2, 0.25) is 0 Å². The molecule has 0 atom stereocenters. The van der Waals surface area contributed by atoms with Crippen LogP contribution in [0.15, 0.2) is 60.7 Å². The average molecular weight is 292 g/mol. The van der Waals surface area contributed by atoms with Crippen molar-refractivity contribution in [3.8, 4) is 0 Å². The summed E-state index contributed by atoms with van der Waals surface area (Å²) in [7, 11) is -4.87. The first-order chi connectivity index (χ1) is 9.47. The van der Waals surface area contributed by atoms with Crippen molar-refractivity contribution in [3.05, 3.63) is 71.8 Å². The molecule has 20 heavy (non-hydrogen) atoms. The standard InChI is InChI=1S/C14H13O5P/c15-14(19-20(16,17)18)13(11-7-3-1-4-8-11)12-9-5-2-6-10-12/h1-10,13H,(H2,16,17,18). The maximum Gasteiger partial charge on any atom is 0.527 e. The maximum atomic E-state index is 12.0. The molecule has 0 radical (unpaired) electrons. The summed E-state index contributed by atoms with van der Waals surface area (Å²) in [5, 5.41) is 0. The van der Waals surface area contributed by atoms with Gasteiger partial charge in [0.1, 0.15) is 5.92 Å². The van der Waals surface area contributed by atoms with Gasteiger partial charge in [0.15, 0.2) is 0 Å². The largest absolute Gasteiger partial charge is 0.527 e. The normalized spacial score (nSPS) is 11.3. The fraction of sp³-hybridized carbons (Fsp3) is 0.0714. The van der Waals surface area contributed by atoms with Crippen molar-refractivity contribution in [1.82, 2.24) is 0 Å². The van der Waals surface area contributed by atoms with Gasteiger partial charge in [-0.1, -0.05) is 60.7 Å². The zero-order valence-electron chi connectivity index (χ0n) is 10.4. The Balaban J connectivity index is 2.40. The highest BCUT2D eigenvalue weighted by Crippen LogP contribution is 2.39. The lowest BCUT2D eigenvalue weighted by Crippen LogP contribution is -2.16. The third-order valence-corrected chi connectivity index (χ3v) is 3.13. The van der Waals surface area contributed by atoms with Gasteiger partial charge >= 0.3 is 13.8 Å². The summed E-state index contributed by atoms with van der Waals surface area (Å²) in [5.74, 6) is -1.85. The Labute approximate surface area is 116 Å². The van der Waals surface area contributed by atoms with E-state index in [-0.39, 0.29) is 0 Å². The summed E-state index contributed by atoms with van der Waals surface area (Å²) in [6.45, 7) is 0. The summed E-state index contributed by atoms with van der Waals surface area (Å²) < 4.78 is 15.1. The topological polar surface area (TPSA) is 83.8 Å². The number of hydrogen-bond acceptors (Lipinski definition) is 3. The smallest absolute Gasteiger partial charge is 0.370 e. The van der Waals surface area contributed by atoms with E-state index in [1.165, 1.54) is 0 Å². The second-order valence-corrected chi connectivity index (χ2v) is 5.32. The monoisotopic (exact) mass is 292 g/mol. The van der Waals surface area contributed by atoms with Crippen LogP contribution in [0.25, 0.3) is 0 Å². The van der Waals surface area contributed by atoms with Crippen molar-refractivity contribution in [2.24, 2.45) is 0 Å². The predicted octanol–water partition coefficient (Wildman–Crippen LogP) is 2.45. The van der Waals surface area contributed by atoms with Gasteiger partial charge in [-0.05, 0) is 11.1 Å². The number of carbonyl (C=O) groups is 1. The Bertz CT molecular complexity index is 581. The van der Waals surface area contributed by atoms with Crippen LogP contribution in [0.4, 0.5) is 0 Å². The Hall–Kier alpha value is -1.94. The van der Waals surface area contributed by atoms with Gasteiger partial charge in [0.25, 0.3) is 0 Å². The van der Waals surface area contributed by atoms with Gasteiger partial charge in [-0.2, -0.15) is 0 Å². The van der Waals surface area contributed by atoms with Gasteiger partial charge in [-0.25, -0.2) is 4.57 Å². The lowest BCUT2D eigenvalue weighted by atomic mass is 9.92. The molecule has 2 rings (SSSR count). The quantitative estimate of drug-likeness (QED) is 0.846. The fourth-order valence-corrected chi connectivity index (χ4v) is 2.27. The van der Waals surface area contributed by atoms with Crippen LogP contribution in [-0.4, -0.2) is 15.8 Å². The number of carbonyl (C=O) groups excluding carboxylic acids is 1. The Kier molecular flexibility index (Phi) is 4.35. The van der Waals surface area contributed by atoms with Gasteiger partial charge in [0.05, 0.1) is 0 Å². The van der Waals surface area contributed by atoms with E-state index in [9.17, 15) is 9.36 Å². The van der Waals surface area contributed by atoms with E-state index in [4.69, 9.17) is 9.79 Å². The molecule has 0 saturated carbocycles. The zero-order valence-corrected chi connectivity index (χ0v) is 11.3. The third kappa shape index (κ3) is 3.78. The number of rotatable bonds is 4. The third-order valence-electron chi connectivity index (χ3n) is 2.71. The Morgan fingerprint density at radius 2 is 1.30 bits per heavy atom. The van der Waals surface area contributed by atoms with Crippen molar-refractivity contribution >= 4 is 13.8 Å². The molecule has 2 aromatic carbocycles. The van der Waals surface area contributed by atoms with Crippen LogP contribution in [-0.2, 0) is 13.9 Å². The lowest BCUT2D eigenvalue weighted by Gasteiger charge is -2.17. The van der Waals surface area contributed by atoms with E-state index in [1.807, 2.05) is 0 Å². The van der Waals surface area contributed by atoms with Crippen molar-refractivity contribution in [3.63, 3.8) is 0 Å². The summed E-state index contributed by atoms with van der Waals surface area (Å²) in [4.78, 5) is 29.6. The minimum atomic E-state index is -4.87. The zero-order chi connectivity index (χ0) is 14.6. The van der Waals surface area contributed by atoms with E-state index in [0.29, 0.717) is 11.1 Å². The fourth-order valence-electron chi connectivity index (χ4n) is 1.93. The first kappa shape index (κ1) is 14.5. The molecule has 0 aliphatic rings. The molecule has 0 heterocycles. The molecule has 0 aliphatic carbocycles. The average Bonchev–Trinajstić information content (AvgIpc) is 2.39.